The van der Waals surface area contributed by atoms with Crippen LogP contribution in [-0.4, -0.2) is 11.1 Å². The highest BCUT2D eigenvalue weighted by Crippen LogP contribution is 2.30. The number of aliphatic carboxylic acids is 1. The Labute approximate surface area is 91.3 Å². The van der Waals surface area contributed by atoms with E-state index in [1.54, 1.807) is 6.07 Å². The third-order valence-electron chi connectivity index (χ3n) is 2.23. The van der Waals surface area contributed by atoms with Gasteiger partial charge in [-0.05, 0) is 30.7 Å². The van der Waals surface area contributed by atoms with Crippen LogP contribution in [0.2, 0.25) is 5.22 Å². The van der Waals surface area contributed by atoms with Gasteiger partial charge in [-0.3, -0.25) is 4.79 Å². The molecule has 0 radical (unpaired) electrons. The first-order valence-electron chi connectivity index (χ1n) is 4.47. The van der Waals surface area contributed by atoms with Crippen LogP contribution in [-0.2, 0) is 11.2 Å². The van der Waals surface area contributed by atoms with Gasteiger partial charge in [0.1, 0.15) is 5.58 Å². The van der Waals surface area contributed by atoms with Gasteiger partial charge in [-0.15, -0.1) is 0 Å². The standard InChI is InChI=1S/C11H9ClO3/c1-6-2-3-9-7(4-6)8(5-10(13)14)11(12)15-9/h2-4H,5H2,1H3,(H,13,14). The van der Waals surface area contributed by atoms with Gasteiger partial charge in [0.25, 0.3) is 0 Å². The van der Waals surface area contributed by atoms with E-state index < -0.39 is 5.97 Å². The zero-order valence-electron chi connectivity index (χ0n) is 8.08. The molecule has 0 atom stereocenters. The predicted octanol–water partition coefficient (Wildman–Crippen LogP) is 3.02. The van der Waals surface area contributed by atoms with E-state index in [1.807, 2.05) is 19.1 Å². The third-order valence-corrected chi connectivity index (χ3v) is 2.53. The number of carboxylic acid groups (broad SMARTS) is 1. The van der Waals surface area contributed by atoms with Gasteiger partial charge in [0.05, 0.1) is 6.42 Å². The lowest BCUT2D eigenvalue weighted by atomic mass is 10.1. The van der Waals surface area contributed by atoms with Crippen LogP contribution in [0, 0.1) is 6.92 Å². The molecule has 0 aliphatic rings. The topological polar surface area (TPSA) is 50.4 Å². The maximum Gasteiger partial charge on any atom is 0.308 e. The number of halogens is 1. The van der Waals surface area contributed by atoms with Crippen molar-refractivity contribution in [3.05, 3.63) is 34.5 Å². The van der Waals surface area contributed by atoms with Crippen molar-refractivity contribution in [2.75, 3.05) is 0 Å². The molecule has 1 N–H and O–H groups in total. The average molecular weight is 225 g/mol. The quantitative estimate of drug-likeness (QED) is 0.853. The number of carbonyl (C=O) groups is 1. The van der Waals surface area contributed by atoms with Crippen molar-refractivity contribution >= 4 is 28.5 Å². The van der Waals surface area contributed by atoms with Gasteiger partial charge < -0.3 is 9.52 Å². The van der Waals surface area contributed by atoms with E-state index in [4.69, 9.17) is 21.1 Å². The Bertz CT molecular complexity index is 528. The summed E-state index contributed by atoms with van der Waals surface area (Å²) in [4.78, 5) is 10.6. The predicted molar refractivity (Wildman–Crippen MR) is 57.3 cm³/mol. The van der Waals surface area contributed by atoms with Crippen molar-refractivity contribution in [1.82, 2.24) is 0 Å². The second-order valence-corrected chi connectivity index (χ2v) is 3.77. The van der Waals surface area contributed by atoms with Crippen LogP contribution < -0.4 is 0 Å². The molecule has 0 bridgehead atoms. The lowest BCUT2D eigenvalue weighted by Crippen LogP contribution is -1.99. The number of benzene rings is 1. The summed E-state index contributed by atoms with van der Waals surface area (Å²) in [5.74, 6) is -0.916. The minimum absolute atomic E-state index is 0.116. The van der Waals surface area contributed by atoms with E-state index in [1.165, 1.54) is 0 Å². The molecule has 2 aromatic rings. The Kier molecular flexibility index (Phi) is 2.40. The smallest absolute Gasteiger partial charge is 0.308 e. The second kappa shape index (κ2) is 3.59. The highest BCUT2D eigenvalue weighted by atomic mass is 35.5. The Morgan fingerprint density at radius 1 is 1.53 bits per heavy atom. The molecule has 0 amide bonds. The first-order chi connectivity index (χ1) is 7.08. The fourth-order valence-electron chi connectivity index (χ4n) is 1.55. The molecule has 15 heavy (non-hydrogen) atoms. The molecule has 3 nitrogen and oxygen atoms in total. The molecule has 0 aliphatic heterocycles. The number of carboxylic acids is 1. The number of fused-ring (bicyclic) bond motifs is 1. The van der Waals surface area contributed by atoms with E-state index in [9.17, 15) is 4.79 Å². The van der Waals surface area contributed by atoms with Crippen molar-refractivity contribution < 1.29 is 14.3 Å². The molecule has 0 aliphatic carbocycles. The van der Waals surface area contributed by atoms with Crippen molar-refractivity contribution in [1.29, 1.82) is 0 Å². The molecule has 4 heteroatoms. The van der Waals surface area contributed by atoms with E-state index in [-0.39, 0.29) is 11.6 Å². The molecule has 2 rings (SSSR count). The Morgan fingerprint density at radius 2 is 2.27 bits per heavy atom. The Balaban J connectivity index is 2.65. The molecule has 0 saturated carbocycles. The van der Waals surface area contributed by atoms with Crippen LogP contribution in [0.1, 0.15) is 11.1 Å². The van der Waals surface area contributed by atoms with Crippen molar-refractivity contribution in [3.8, 4) is 0 Å². The summed E-state index contributed by atoms with van der Waals surface area (Å²) in [6, 6.07) is 5.57. The van der Waals surface area contributed by atoms with Crippen LogP contribution in [0.25, 0.3) is 11.0 Å². The van der Waals surface area contributed by atoms with Gasteiger partial charge in [-0.1, -0.05) is 11.6 Å². The number of furan rings is 1. The minimum atomic E-state index is -0.916. The summed E-state index contributed by atoms with van der Waals surface area (Å²) >= 11 is 5.83. The lowest BCUT2D eigenvalue weighted by molar-refractivity contribution is -0.136. The molecule has 1 aromatic carbocycles. The second-order valence-electron chi connectivity index (χ2n) is 3.42. The van der Waals surface area contributed by atoms with Crippen LogP contribution in [0.3, 0.4) is 0 Å². The minimum Gasteiger partial charge on any atom is -0.481 e. The van der Waals surface area contributed by atoms with Gasteiger partial charge in [-0.25, -0.2) is 0 Å². The fourth-order valence-corrected chi connectivity index (χ4v) is 1.80. The van der Waals surface area contributed by atoms with E-state index in [2.05, 4.69) is 0 Å². The normalized spacial score (nSPS) is 10.8. The zero-order valence-corrected chi connectivity index (χ0v) is 8.84. The number of hydrogen-bond acceptors (Lipinski definition) is 2. The zero-order chi connectivity index (χ0) is 11.0. The summed E-state index contributed by atoms with van der Waals surface area (Å²) < 4.78 is 5.26. The summed E-state index contributed by atoms with van der Waals surface area (Å²) in [5, 5.41) is 9.68. The molecular formula is C11H9ClO3. The number of hydrogen-bond donors (Lipinski definition) is 1. The third kappa shape index (κ3) is 1.83. The van der Waals surface area contributed by atoms with Crippen molar-refractivity contribution in [2.45, 2.75) is 13.3 Å². The molecule has 0 fully saturated rings. The van der Waals surface area contributed by atoms with Gasteiger partial charge in [0.2, 0.25) is 0 Å². The van der Waals surface area contributed by atoms with E-state index in [0.29, 0.717) is 11.1 Å². The number of aryl methyl sites for hydroxylation is 1. The molecular weight excluding hydrogens is 216 g/mol. The van der Waals surface area contributed by atoms with Gasteiger partial charge in [0, 0.05) is 10.9 Å². The van der Waals surface area contributed by atoms with Crippen LogP contribution in [0.15, 0.2) is 22.6 Å². The highest BCUT2D eigenvalue weighted by molar-refractivity contribution is 6.31. The first kappa shape index (κ1) is 10.1. The van der Waals surface area contributed by atoms with Crippen molar-refractivity contribution in [3.63, 3.8) is 0 Å². The maximum absolute atomic E-state index is 10.6. The van der Waals surface area contributed by atoms with Crippen LogP contribution >= 0.6 is 11.6 Å². The molecule has 0 unspecified atom stereocenters. The summed E-state index contributed by atoms with van der Waals surface area (Å²) in [6.07, 6.45) is -0.116. The summed E-state index contributed by atoms with van der Waals surface area (Å²) in [5.41, 5.74) is 2.22. The fraction of sp³-hybridized carbons (Fsp3) is 0.182. The maximum atomic E-state index is 10.6. The van der Waals surface area contributed by atoms with Crippen LogP contribution in [0.5, 0.6) is 0 Å². The molecule has 0 saturated heterocycles. The highest BCUT2D eigenvalue weighted by Gasteiger charge is 2.15. The average Bonchev–Trinajstić information content (AvgIpc) is 2.43. The van der Waals surface area contributed by atoms with E-state index >= 15 is 0 Å². The summed E-state index contributed by atoms with van der Waals surface area (Å²) in [6.45, 7) is 1.94. The van der Waals surface area contributed by atoms with E-state index in [0.717, 1.165) is 10.9 Å². The van der Waals surface area contributed by atoms with Gasteiger partial charge >= 0.3 is 5.97 Å². The molecule has 78 valence electrons. The van der Waals surface area contributed by atoms with Crippen LogP contribution in [0.4, 0.5) is 0 Å². The Hall–Kier alpha value is -1.48. The monoisotopic (exact) mass is 224 g/mol. The Morgan fingerprint density at radius 3 is 2.93 bits per heavy atom. The van der Waals surface area contributed by atoms with Gasteiger partial charge in [0.15, 0.2) is 5.22 Å². The van der Waals surface area contributed by atoms with Gasteiger partial charge in [-0.2, -0.15) is 0 Å². The lowest BCUT2D eigenvalue weighted by Gasteiger charge is -1.95. The SMILES string of the molecule is Cc1ccc2oc(Cl)c(CC(=O)O)c2c1. The summed E-state index contributed by atoms with van der Waals surface area (Å²) in [7, 11) is 0. The first-order valence-corrected chi connectivity index (χ1v) is 4.85. The molecule has 1 heterocycles. The molecule has 1 aromatic heterocycles. The largest absolute Gasteiger partial charge is 0.481 e. The molecule has 0 spiro atoms. The van der Waals surface area contributed by atoms with Crippen molar-refractivity contribution in [2.24, 2.45) is 0 Å². The number of rotatable bonds is 2.